The van der Waals surface area contributed by atoms with Gasteiger partial charge in [-0.05, 0) is 82.7 Å². The fourth-order valence-corrected chi connectivity index (χ4v) is 10.2. The molecule has 17 nitrogen and oxygen atoms in total. The van der Waals surface area contributed by atoms with Gasteiger partial charge in [0, 0.05) is 32.6 Å². The number of Topliss-reactive ketones (excluding diaryl/α,β-unsaturated/α-hetero) is 2. The number of alkyl carbamates (subject to hydrolysis) is 1. The quantitative estimate of drug-likeness (QED) is 0.125. The van der Waals surface area contributed by atoms with Crippen LogP contribution in [0.15, 0.2) is 71.8 Å². The number of ketones is 2. The standard InChI is InChI=1S/C50H63NO16/c1-9-33-27(3)34(63-45(59)39(64-44(58)31-21-22-32(53)23-31)37(29-17-13-11-14-18-29)51-46(60)67-47(5,6)7)25-49(61,10-2)42(65-43(57)30-19-15-12-16-20-30)40-48(8,41(56)38(33)55)35(54)24-36-50(40,26-62-36)66-28(4)52/h11-20,31,34-40,42,54-55,61H,9-10,21-26H2,1-8H3,(H,51,60)/b33-27+/t31?,34-,35-,36+,37?,38+,39+,40-,42-,48+,49+,50-/m1/s1. The third-order valence-corrected chi connectivity index (χ3v) is 13.8. The Labute approximate surface area is 389 Å². The van der Waals surface area contributed by atoms with Crippen molar-refractivity contribution < 1.29 is 77.3 Å². The fraction of sp³-hybridized carbons (Fsp3) is 0.580. The van der Waals surface area contributed by atoms with Crippen molar-refractivity contribution in [3.8, 4) is 0 Å². The lowest BCUT2D eigenvalue weighted by Crippen LogP contribution is -2.79. The minimum atomic E-state index is -2.31. The van der Waals surface area contributed by atoms with Crippen LogP contribution in [0.1, 0.15) is 122 Å². The molecule has 364 valence electrons. The molecule has 2 unspecified atom stereocenters. The summed E-state index contributed by atoms with van der Waals surface area (Å²) in [6.45, 7) is 11.8. The molecule has 0 aromatic heterocycles. The van der Waals surface area contributed by atoms with Crippen LogP contribution in [-0.4, -0.2) is 117 Å². The lowest BCUT2D eigenvalue weighted by atomic mass is 9.50. The lowest BCUT2D eigenvalue weighted by molar-refractivity contribution is -0.339. The zero-order chi connectivity index (χ0) is 49.2. The van der Waals surface area contributed by atoms with Gasteiger partial charge in [0.1, 0.15) is 47.4 Å². The number of esters is 4. The molecule has 2 saturated carbocycles. The highest BCUT2D eigenvalue weighted by molar-refractivity contribution is 5.93. The largest absolute Gasteiger partial charge is 0.455 e. The van der Waals surface area contributed by atoms with Crippen LogP contribution in [-0.2, 0) is 52.4 Å². The van der Waals surface area contributed by atoms with E-state index in [-0.39, 0.29) is 67.6 Å². The smallest absolute Gasteiger partial charge is 0.408 e. The molecule has 2 aromatic rings. The molecule has 0 spiro atoms. The molecule has 12 atom stereocenters. The Morgan fingerprint density at radius 1 is 0.955 bits per heavy atom. The third kappa shape index (κ3) is 10.3. The van der Waals surface area contributed by atoms with E-state index < -0.39 is 119 Å². The van der Waals surface area contributed by atoms with Gasteiger partial charge in [0.15, 0.2) is 11.4 Å². The fourth-order valence-electron chi connectivity index (χ4n) is 10.2. The van der Waals surface area contributed by atoms with Crippen LogP contribution in [0.5, 0.6) is 0 Å². The summed E-state index contributed by atoms with van der Waals surface area (Å²) in [6.07, 6.45) is -11.9. The minimum Gasteiger partial charge on any atom is -0.455 e. The molecule has 1 heterocycles. The summed E-state index contributed by atoms with van der Waals surface area (Å²) < 4.78 is 36.1. The van der Waals surface area contributed by atoms with E-state index in [1.165, 1.54) is 26.0 Å². The predicted molar refractivity (Wildman–Crippen MR) is 237 cm³/mol. The van der Waals surface area contributed by atoms with Crippen molar-refractivity contribution in [1.82, 2.24) is 5.32 Å². The van der Waals surface area contributed by atoms with Gasteiger partial charge in [0.25, 0.3) is 0 Å². The number of aliphatic hydroxyl groups excluding tert-OH is 2. The first-order valence-electron chi connectivity index (χ1n) is 22.9. The Hall–Kier alpha value is -5.49. The molecule has 3 fully saturated rings. The number of amides is 1. The summed E-state index contributed by atoms with van der Waals surface area (Å²) >= 11 is 0. The van der Waals surface area contributed by atoms with Crippen LogP contribution < -0.4 is 5.32 Å². The number of hydrogen-bond acceptors (Lipinski definition) is 16. The highest BCUT2D eigenvalue weighted by Gasteiger charge is 2.74. The molecule has 0 radical (unpaired) electrons. The monoisotopic (exact) mass is 933 g/mol. The first-order chi connectivity index (χ1) is 31.5. The zero-order valence-corrected chi connectivity index (χ0v) is 39.3. The molecule has 17 heteroatoms. The summed E-state index contributed by atoms with van der Waals surface area (Å²) in [7, 11) is 0. The highest BCUT2D eigenvalue weighted by Crippen LogP contribution is 2.59. The van der Waals surface area contributed by atoms with Gasteiger partial charge in [-0.3, -0.25) is 19.2 Å². The Kier molecular flexibility index (Phi) is 15.2. The van der Waals surface area contributed by atoms with E-state index in [9.17, 15) is 39.3 Å². The molecule has 4 aliphatic rings. The van der Waals surface area contributed by atoms with Gasteiger partial charge >= 0.3 is 30.0 Å². The van der Waals surface area contributed by atoms with Crippen molar-refractivity contribution in [3.05, 3.63) is 82.9 Å². The summed E-state index contributed by atoms with van der Waals surface area (Å²) in [4.78, 5) is 97.3. The number of nitrogens with one attached hydrogen (secondary N) is 1. The second kappa shape index (κ2) is 20.0. The third-order valence-electron chi connectivity index (χ3n) is 13.8. The van der Waals surface area contributed by atoms with Crippen LogP contribution in [0.25, 0.3) is 0 Å². The van der Waals surface area contributed by atoms with Gasteiger partial charge in [-0.25, -0.2) is 14.4 Å². The predicted octanol–water partition coefficient (Wildman–Crippen LogP) is 4.96. The summed E-state index contributed by atoms with van der Waals surface area (Å²) in [5.74, 6) is -7.50. The number of fused-ring (bicyclic) bond motifs is 3. The number of rotatable bonds is 12. The molecule has 1 amide bonds. The summed E-state index contributed by atoms with van der Waals surface area (Å²) in [5, 5.41) is 40.3. The summed E-state index contributed by atoms with van der Waals surface area (Å²) in [6, 6.07) is 14.4. The lowest BCUT2D eigenvalue weighted by Gasteiger charge is -2.64. The minimum absolute atomic E-state index is 0.0115. The van der Waals surface area contributed by atoms with Crippen molar-refractivity contribution in [3.63, 3.8) is 0 Å². The van der Waals surface area contributed by atoms with Gasteiger partial charge in [0.2, 0.25) is 6.10 Å². The Morgan fingerprint density at radius 3 is 2.13 bits per heavy atom. The average Bonchev–Trinajstić information content (AvgIpc) is 3.72. The van der Waals surface area contributed by atoms with Crippen LogP contribution in [0.3, 0.4) is 0 Å². The van der Waals surface area contributed by atoms with E-state index in [4.69, 9.17) is 28.4 Å². The van der Waals surface area contributed by atoms with Gasteiger partial charge < -0.3 is 49.1 Å². The number of ether oxygens (including phenoxy) is 6. The van der Waals surface area contributed by atoms with E-state index in [0.29, 0.717) is 5.56 Å². The van der Waals surface area contributed by atoms with Crippen LogP contribution in [0.4, 0.5) is 4.79 Å². The first kappa shape index (κ1) is 50.9. The van der Waals surface area contributed by atoms with Crippen molar-refractivity contribution in [1.29, 1.82) is 0 Å². The molecule has 6 rings (SSSR count). The molecular weight excluding hydrogens is 871 g/mol. The Bertz CT molecular complexity index is 2240. The van der Waals surface area contributed by atoms with Crippen LogP contribution in [0.2, 0.25) is 0 Å². The summed E-state index contributed by atoms with van der Waals surface area (Å²) in [5.41, 5.74) is -6.66. The number of carbonyl (C=O) groups excluding carboxylic acids is 7. The van der Waals surface area contributed by atoms with Crippen LogP contribution in [0, 0.1) is 17.3 Å². The van der Waals surface area contributed by atoms with Crippen molar-refractivity contribution in [2.45, 2.75) is 160 Å². The van der Waals surface area contributed by atoms with Gasteiger partial charge in [-0.15, -0.1) is 0 Å². The molecule has 1 saturated heterocycles. The maximum absolute atomic E-state index is 15.2. The number of carbonyl (C=O) groups is 7. The van der Waals surface area contributed by atoms with Gasteiger partial charge in [0.05, 0.1) is 35.5 Å². The van der Waals surface area contributed by atoms with Crippen LogP contribution >= 0.6 is 0 Å². The number of aliphatic hydroxyl groups is 3. The van der Waals surface area contributed by atoms with Crippen molar-refractivity contribution in [2.24, 2.45) is 17.3 Å². The maximum atomic E-state index is 15.2. The number of hydrogen-bond donors (Lipinski definition) is 4. The SMILES string of the molecule is CC/C1=C(/C)[C@H](OC(=O)[C@@H](OC(=O)C2CCC(=O)C2)C(NC(=O)OC(C)(C)C)c2ccccc2)C[C@@](O)(CC)[C@H](OC(=O)c2ccccc2)[C@H]2[C@@]3(OC(C)=O)CO[C@H]3C[C@@H](O)[C@]2(C)C(=O)[C@H]1O. The molecule has 0 bridgehead atoms. The molecule has 3 aliphatic carbocycles. The maximum Gasteiger partial charge on any atom is 0.408 e. The molecule has 67 heavy (non-hydrogen) atoms. The second-order valence-electron chi connectivity index (χ2n) is 19.3. The van der Waals surface area contributed by atoms with Gasteiger partial charge in [-0.2, -0.15) is 0 Å². The normalized spacial score (nSPS) is 32.8. The molecule has 4 N–H and O–H groups in total. The zero-order valence-electron chi connectivity index (χ0n) is 39.3. The van der Waals surface area contributed by atoms with E-state index in [1.54, 1.807) is 83.1 Å². The topological polar surface area (TPSA) is 248 Å². The first-order valence-corrected chi connectivity index (χ1v) is 22.9. The van der Waals surface area contributed by atoms with E-state index in [1.807, 2.05) is 0 Å². The van der Waals surface area contributed by atoms with E-state index in [0.717, 1.165) is 6.92 Å². The second-order valence-corrected chi connectivity index (χ2v) is 19.3. The molecular formula is C50H63NO16. The van der Waals surface area contributed by atoms with Crippen molar-refractivity contribution >= 4 is 41.5 Å². The van der Waals surface area contributed by atoms with E-state index in [2.05, 4.69) is 5.32 Å². The van der Waals surface area contributed by atoms with E-state index >= 15 is 9.59 Å². The Morgan fingerprint density at radius 2 is 1.60 bits per heavy atom. The average molecular weight is 934 g/mol. The number of benzene rings is 2. The highest BCUT2D eigenvalue weighted by atomic mass is 16.6. The Balaban J connectivity index is 1.53. The molecule has 2 aromatic carbocycles. The van der Waals surface area contributed by atoms with Crippen molar-refractivity contribution in [2.75, 3.05) is 6.61 Å². The molecule has 1 aliphatic heterocycles. The van der Waals surface area contributed by atoms with Gasteiger partial charge in [-0.1, -0.05) is 62.4 Å².